The third kappa shape index (κ3) is 12.3. The molecule has 1 unspecified atom stereocenters. The molecule has 180 valence electrons. The highest BCUT2D eigenvalue weighted by molar-refractivity contribution is 6.03. The van der Waals surface area contributed by atoms with Gasteiger partial charge in [0.2, 0.25) is 0 Å². The predicted octanol–water partition coefficient (Wildman–Crippen LogP) is 6.77. The summed E-state index contributed by atoms with van der Waals surface area (Å²) >= 11 is 0. The van der Waals surface area contributed by atoms with Crippen LogP contribution in [-0.2, 0) is 0 Å². The molecule has 0 aliphatic heterocycles. The normalized spacial score (nSPS) is 10.2. The van der Waals surface area contributed by atoms with E-state index in [4.69, 9.17) is 5.73 Å². The molecule has 0 aliphatic carbocycles. The fourth-order valence-corrected chi connectivity index (χ4v) is 2.88. The second kappa shape index (κ2) is 20.3. The summed E-state index contributed by atoms with van der Waals surface area (Å²) in [6.45, 7) is 15.8. The number of amides is 1. The van der Waals surface area contributed by atoms with Crippen LogP contribution in [0, 0.1) is 12.7 Å². The summed E-state index contributed by atoms with van der Waals surface area (Å²) < 4.78 is 14.2. The number of carbonyl (C=O) groups is 1. The average molecular weight is 447 g/mol. The Morgan fingerprint density at radius 3 is 2.34 bits per heavy atom. The van der Waals surface area contributed by atoms with Gasteiger partial charge in [-0.2, -0.15) is 0 Å². The highest BCUT2D eigenvalue weighted by atomic mass is 19.1. The minimum absolute atomic E-state index is 0.179. The van der Waals surface area contributed by atoms with Crippen LogP contribution in [0.4, 0.5) is 10.1 Å². The molecule has 0 saturated heterocycles. The van der Waals surface area contributed by atoms with Gasteiger partial charge in [-0.05, 0) is 74.3 Å². The molecule has 0 radical (unpaired) electrons. The molecular weight excluding hydrogens is 403 g/mol. The first-order valence-electron chi connectivity index (χ1n) is 11.5. The van der Waals surface area contributed by atoms with E-state index in [1.54, 1.807) is 31.4 Å². The molecule has 0 fully saturated rings. The quantitative estimate of drug-likeness (QED) is 0.460. The van der Waals surface area contributed by atoms with Crippen molar-refractivity contribution in [1.29, 1.82) is 0 Å². The fourth-order valence-electron chi connectivity index (χ4n) is 2.88. The SMILES string of the molecule is C=NC.CC.CCCCC(CC)c1cc(NC(=O)c2ncccc2C)ccc1F.CCN. The van der Waals surface area contributed by atoms with Crippen LogP contribution in [0.5, 0.6) is 0 Å². The van der Waals surface area contributed by atoms with Crippen molar-refractivity contribution >= 4 is 18.3 Å². The number of aromatic nitrogens is 1. The first-order valence-corrected chi connectivity index (χ1v) is 11.5. The van der Waals surface area contributed by atoms with Gasteiger partial charge in [0, 0.05) is 18.9 Å². The molecule has 2 aromatic rings. The average Bonchev–Trinajstić information content (AvgIpc) is 2.79. The summed E-state index contributed by atoms with van der Waals surface area (Å²) in [6, 6.07) is 8.43. The molecule has 32 heavy (non-hydrogen) atoms. The molecule has 5 nitrogen and oxygen atoms in total. The maximum Gasteiger partial charge on any atom is 0.274 e. The second-order valence-electron chi connectivity index (χ2n) is 6.83. The summed E-state index contributed by atoms with van der Waals surface area (Å²) in [5, 5.41) is 2.83. The number of nitrogens with one attached hydrogen (secondary N) is 1. The Balaban J connectivity index is 0. The Morgan fingerprint density at radius 1 is 1.25 bits per heavy atom. The van der Waals surface area contributed by atoms with Crippen LogP contribution >= 0.6 is 0 Å². The van der Waals surface area contributed by atoms with Crippen molar-refractivity contribution in [1.82, 2.24) is 4.98 Å². The number of nitrogens with two attached hydrogens (primary N) is 1. The van der Waals surface area contributed by atoms with Crippen LogP contribution in [0.2, 0.25) is 0 Å². The number of pyridine rings is 1. The number of aliphatic imine (C=N–C) groups is 1. The molecule has 1 atom stereocenters. The number of anilines is 1. The summed E-state index contributed by atoms with van der Waals surface area (Å²) in [7, 11) is 1.64. The highest BCUT2D eigenvalue weighted by Crippen LogP contribution is 2.30. The van der Waals surface area contributed by atoms with Crippen LogP contribution in [-0.4, -0.2) is 31.2 Å². The minimum Gasteiger partial charge on any atom is -0.331 e. The van der Waals surface area contributed by atoms with Gasteiger partial charge in [0.15, 0.2) is 0 Å². The van der Waals surface area contributed by atoms with Crippen molar-refractivity contribution in [2.24, 2.45) is 10.7 Å². The zero-order chi connectivity index (χ0) is 24.9. The monoisotopic (exact) mass is 446 g/mol. The number of benzene rings is 1. The largest absolute Gasteiger partial charge is 0.331 e. The molecule has 6 heteroatoms. The Morgan fingerprint density at radius 2 is 1.84 bits per heavy atom. The van der Waals surface area contributed by atoms with Crippen LogP contribution < -0.4 is 11.1 Å². The molecule has 1 aromatic carbocycles. The third-order valence-corrected chi connectivity index (χ3v) is 4.32. The summed E-state index contributed by atoms with van der Waals surface area (Å²) in [5.74, 6) is -0.296. The van der Waals surface area contributed by atoms with Gasteiger partial charge in [0.25, 0.3) is 5.91 Å². The standard InChI is InChI=1S/C20H25FN2O.C2H5N.C2H7N.C2H6/c1-4-6-9-15(5-2)17-13-16(10-11-18(17)21)23-20(24)19-14(3)8-7-12-22-19;1-3-2;1-2-3;1-2/h7-8,10-13,15H,4-6,9H2,1-3H3,(H,23,24);1H2,2H3;2-3H2,1H3;1-2H3. The van der Waals surface area contributed by atoms with Crippen molar-refractivity contribution in [2.45, 2.75) is 73.1 Å². The fraction of sp³-hybridized carbons (Fsp3) is 0.500. The van der Waals surface area contributed by atoms with Gasteiger partial charge in [0.05, 0.1) is 0 Å². The van der Waals surface area contributed by atoms with E-state index in [0.717, 1.165) is 37.8 Å². The first-order chi connectivity index (χ1) is 15.4. The smallest absolute Gasteiger partial charge is 0.274 e. The van der Waals surface area contributed by atoms with Gasteiger partial charge in [-0.25, -0.2) is 4.39 Å². The van der Waals surface area contributed by atoms with Crippen molar-refractivity contribution < 1.29 is 9.18 Å². The Bertz CT molecular complexity index is 765. The summed E-state index contributed by atoms with van der Waals surface area (Å²) in [4.78, 5) is 19.7. The number of unbranched alkanes of at least 4 members (excludes halogenated alkanes) is 1. The van der Waals surface area contributed by atoms with Crippen molar-refractivity contribution in [3.05, 3.63) is 59.2 Å². The van der Waals surface area contributed by atoms with E-state index in [2.05, 4.69) is 35.9 Å². The van der Waals surface area contributed by atoms with Gasteiger partial charge < -0.3 is 16.0 Å². The summed E-state index contributed by atoms with van der Waals surface area (Å²) in [5.41, 5.74) is 7.34. The van der Waals surface area contributed by atoms with E-state index in [9.17, 15) is 9.18 Å². The molecule has 0 bridgehead atoms. The van der Waals surface area contributed by atoms with Crippen LogP contribution in [0.15, 0.2) is 41.5 Å². The molecule has 0 aliphatic rings. The number of rotatable bonds is 7. The Hall–Kier alpha value is -2.60. The van der Waals surface area contributed by atoms with Gasteiger partial charge in [0.1, 0.15) is 11.5 Å². The van der Waals surface area contributed by atoms with E-state index in [1.807, 2.05) is 33.8 Å². The summed E-state index contributed by atoms with van der Waals surface area (Å²) in [6.07, 6.45) is 5.60. The number of nitrogens with zero attached hydrogens (tertiary/aromatic N) is 2. The number of halogens is 1. The van der Waals surface area contributed by atoms with Crippen molar-refractivity contribution in [3.8, 4) is 0 Å². The molecule has 1 aromatic heterocycles. The van der Waals surface area contributed by atoms with E-state index < -0.39 is 0 Å². The highest BCUT2D eigenvalue weighted by Gasteiger charge is 2.16. The molecule has 0 saturated carbocycles. The first kappa shape index (κ1) is 31.6. The zero-order valence-corrected chi connectivity index (χ0v) is 21.0. The van der Waals surface area contributed by atoms with Crippen molar-refractivity contribution in [3.63, 3.8) is 0 Å². The number of hydrogen-bond acceptors (Lipinski definition) is 4. The van der Waals surface area contributed by atoms with Gasteiger partial charge in [-0.1, -0.05) is 53.5 Å². The maximum atomic E-state index is 14.2. The van der Waals surface area contributed by atoms with E-state index in [0.29, 0.717) is 16.9 Å². The van der Waals surface area contributed by atoms with E-state index in [-0.39, 0.29) is 17.6 Å². The lowest BCUT2D eigenvalue weighted by Crippen LogP contribution is -2.15. The minimum atomic E-state index is -0.271. The van der Waals surface area contributed by atoms with E-state index >= 15 is 0 Å². The molecule has 1 amide bonds. The topological polar surface area (TPSA) is 80.4 Å². The van der Waals surface area contributed by atoms with Crippen LogP contribution in [0.1, 0.15) is 87.8 Å². The van der Waals surface area contributed by atoms with Gasteiger partial charge in [-0.3, -0.25) is 9.78 Å². The third-order valence-electron chi connectivity index (χ3n) is 4.32. The van der Waals surface area contributed by atoms with Gasteiger partial charge in [-0.15, -0.1) is 0 Å². The van der Waals surface area contributed by atoms with Crippen LogP contribution in [0.25, 0.3) is 0 Å². The lowest BCUT2D eigenvalue weighted by atomic mass is 9.90. The number of hydrogen-bond donors (Lipinski definition) is 2. The molecule has 3 N–H and O–H groups in total. The van der Waals surface area contributed by atoms with Crippen LogP contribution in [0.3, 0.4) is 0 Å². The molecular formula is C26H43FN4O. The molecule has 1 heterocycles. The zero-order valence-electron chi connectivity index (χ0n) is 21.0. The number of aryl methyl sites for hydroxylation is 1. The predicted molar refractivity (Wildman–Crippen MR) is 137 cm³/mol. The van der Waals surface area contributed by atoms with E-state index in [1.165, 1.54) is 6.07 Å². The van der Waals surface area contributed by atoms with Gasteiger partial charge >= 0.3 is 0 Å². The number of carbonyl (C=O) groups excluding carboxylic acids is 1. The Labute approximate surface area is 194 Å². The molecule has 0 spiro atoms. The maximum absolute atomic E-state index is 14.2. The lowest BCUT2D eigenvalue weighted by Gasteiger charge is -2.17. The Kier molecular flexibility index (Phi) is 20.0. The lowest BCUT2D eigenvalue weighted by molar-refractivity contribution is 0.102. The molecule has 2 rings (SSSR count). The second-order valence-corrected chi connectivity index (χ2v) is 6.83. The van der Waals surface area contributed by atoms with Crippen molar-refractivity contribution in [2.75, 3.05) is 18.9 Å².